The average Bonchev–Trinajstić information content (AvgIpc) is 2.15. The number of rotatable bonds is 1. The van der Waals surface area contributed by atoms with Crippen LogP contribution in [-0.4, -0.2) is 12.1 Å². The van der Waals surface area contributed by atoms with Crippen molar-refractivity contribution in [2.45, 2.75) is 27.7 Å². The molecule has 0 saturated heterocycles. The molecule has 1 aromatic rings. The molecule has 0 unspecified atom stereocenters. The van der Waals surface area contributed by atoms with Crippen molar-refractivity contribution in [1.29, 1.82) is 0 Å². The highest BCUT2D eigenvalue weighted by atomic mass is 16.5. The van der Waals surface area contributed by atoms with Gasteiger partial charge in [0.05, 0.1) is 12.8 Å². The molecule has 0 spiro atoms. The molecule has 0 bridgehead atoms. The number of ether oxygens (including phenoxy) is 1. The summed E-state index contributed by atoms with van der Waals surface area (Å²) in [6, 6.07) is 1.86. The van der Waals surface area contributed by atoms with Crippen molar-refractivity contribution in [3.63, 3.8) is 0 Å². The number of aromatic nitrogens is 1. The standard InChI is InChI=1S/C8H12N2O.C2H6/c1-5-4-7(9)8(11-3)10-6(5)2;1-2/h4H,9H2,1-3H3;1-2H3. The van der Waals surface area contributed by atoms with Gasteiger partial charge in [0.25, 0.3) is 0 Å². The second kappa shape index (κ2) is 5.41. The van der Waals surface area contributed by atoms with Gasteiger partial charge >= 0.3 is 0 Å². The lowest BCUT2D eigenvalue weighted by atomic mass is 10.2. The van der Waals surface area contributed by atoms with E-state index in [1.165, 1.54) is 0 Å². The van der Waals surface area contributed by atoms with E-state index in [4.69, 9.17) is 10.5 Å². The monoisotopic (exact) mass is 182 g/mol. The Labute approximate surface area is 79.9 Å². The van der Waals surface area contributed by atoms with Crippen molar-refractivity contribution in [3.8, 4) is 5.88 Å². The van der Waals surface area contributed by atoms with Gasteiger partial charge in [0.1, 0.15) is 0 Å². The fourth-order valence-corrected chi connectivity index (χ4v) is 0.868. The normalized spacial score (nSPS) is 8.69. The molecule has 1 heterocycles. The highest BCUT2D eigenvalue weighted by Gasteiger charge is 2.02. The van der Waals surface area contributed by atoms with Crippen molar-refractivity contribution in [2.75, 3.05) is 12.8 Å². The van der Waals surface area contributed by atoms with Crippen molar-refractivity contribution in [2.24, 2.45) is 0 Å². The van der Waals surface area contributed by atoms with Crippen LogP contribution in [0.2, 0.25) is 0 Å². The third-order valence-corrected chi connectivity index (χ3v) is 1.65. The summed E-state index contributed by atoms with van der Waals surface area (Å²) >= 11 is 0. The molecule has 1 rings (SSSR count). The maximum Gasteiger partial charge on any atom is 0.237 e. The Bertz CT molecular complexity index is 272. The number of anilines is 1. The number of hydrogen-bond acceptors (Lipinski definition) is 3. The maximum atomic E-state index is 5.61. The second-order valence-corrected chi connectivity index (χ2v) is 2.49. The summed E-state index contributed by atoms with van der Waals surface area (Å²) in [4.78, 5) is 4.14. The zero-order chi connectivity index (χ0) is 10.4. The summed E-state index contributed by atoms with van der Waals surface area (Å²) in [5.74, 6) is 0.508. The van der Waals surface area contributed by atoms with Gasteiger partial charge in [-0.05, 0) is 25.5 Å². The fraction of sp³-hybridized carbons (Fsp3) is 0.500. The molecule has 2 N–H and O–H groups in total. The highest BCUT2D eigenvalue weighted by Crippen LogP contribution is 2.20. The van der Waals surface area contributed by atoms with Gasteiger partial charge in [-0.1, -0.05) is 13.8 Å². The minimum atomic E-state index is 0.508. The van der Waals surface area contributed by atoms with E-state index < -0.39 is 0 Å². The van der Waals surface area contributed by atoms with Gasteiger partial charge in [-0.15, -0.1) is 0 Å². The minimum Gasteiger partial charge on any atom is -0.480 e. The first kappa shape index (κ1) is 11.8. The number of methoxy groups -OCH3 is 1. The van der Waals surface area contributed by atoms with Gasteiger partial charge in [-0.3, -0.25) is 0 Å². The van der Waals surface area contributed by atoms with E-state index in [2.05, 4.69) is 4.98 Å². The smallest absolute Gasteiger partial charge is 0.237 e. The maximum absolute atomic E-state index is 5.61. The lowest BCUT2D eigenvalue weighted by Crippen LogP contribution is -1.98. The molecular weight excluding hydrogens is 164 g/mol. The third kappa shape index (κ3) is 2.93. The Morgan fingerprint density at radius 2 is 1.85 bits per heavy atom. The molecule has 0 aliphatic carbocycles. The number of hydrogen-bond donors (Lipinski definition) is 1. The molecule has 0 aromatic carbocycles. The lowest BCUT2D eigenvalue weighted by molar-refractivity contribution is 0.399. The molecule has 3 heteroatoms. The van der Waals surface area contributed by atoms with Crippen LogP contribution >= 0.6 is 0 Å². The molecule has 0 aliphatic heterocycles. The highest BCUT2D eigenvalue weighted by molar-refractivity contribution is 5.50. The van der Waals surface area contributed by atoms with Gasteiger partial charge in [-0.25, -0.2) is 4.98 Å². The van der Waals surface area contributed by atoms with Crippen LogP contribution in [0.1, 0.15) is 25.1 Å². The molecule has 0 aliphatic rings. The van der Waals surface area contributed by atoms with E-state index in [9.17, 15) is 0 Å². The number of nitrogens with two attached hydrogens (primary N) is 1. The van der Waals surface area contributed by atoms with Crippen LogP contribution in [0, 0.1) is 13.8 Å². The summed E-state index contributed by atoms with van der Waals surface area (Å²) in [5, 5.41) is 0. The third-order valence-electron chi connectivity index (χ3n) is 1.65. The van der Waals surface area contributed by atoms with Crippen LogP contribution < -0.4 is 10.5 Å². The molecule has 0 atom stereocenters. The number of pyridine rings is 1. The van der Waals surface area contributed by atoms with E-state index in [1.807, 2.05) is 33.8 Å². The molecular formula is C10H18N2O. The summed E-state index contributed by atoms with van der Waals surface area (Å²) in [7, 11) is 1.56. The average molecular weight is 182 g/mol. The first-order valence-corrected chi connectivity index (χ1v) is 4.43. The molecule has 1 aromatic heterocycles. The van der Waals surface area contributed by atoms with Crippen LogP contribution in [0.5, 0.6) is 5.88 Å². The van der Waals surface area contributed by atoms with Gasteiger partial charge in [0.2, 0.25) is 5.88 Å². The van der Waals surface area contributed by atoms with Crippen LogP contribution in [0.15, 0.2) is 6.07 Å². The number of aryl methyl sites for hydroxylation is 2. The topological polar surface area (TPSA) is 48.1 Å². The van der Waals surface area contributed by atoms with E-state index in [-0.39, 0.29) is 0 Å². The SMILES string of the molecule is CC.COc1nc(C)c(C)cc1N. The van der Waals surface area contributed by atoms with Gasteiger partial charge in [-0.2, -0.15) is 0 Å². The Morgan fingerprint density at radius 1 is 1.31 bits per heavy atom. The van der Waals surface area contributed by atoms with E-state index in [0.29, 0.717) is 11.6 Å². The Balaban J connectivity index is 0.000000671. The summed E-state index contributed by atoms with van der Waals surface area (Å²) in [6.07, 6.45) is 0. The van der Waals surface area contributed by atoms with Crippen LogP contribution in [0.4, 0.5) is 5.69 Å². The summed E-state index contributed by atoms with van der Waals surface area (Å²) in [5.41, 5.74) is 8.25. The molecule has 3 nitrogen and oxygen atoms in total. The Morgan fingerprint density at radius 3 is 2.31 bits per heavy atom. The molecule has 0 fully saturated rings. The van der Waals surface area contributed by atoms with Gasteiger partial charge in [0, 0.05) is 5.69 Å². The van der Waals surface area contributed by atoms with Gasteiger partial charge in [0.15, 0.2) is 0 Å². The number of nitrogens with zero attached hydrogens (tertiary/aromatic N) is 1. The van der Waals surface area contributed by atoms with E-state index >= 15 is 0 Å². The molecule has 74 valence electrons. The Kier molecular flexibility index (Phi) is 4.89. The lowest BCUT2D eigenvalue weighted by Gasteiger charge is -2.05. The molecule has 0 radical (unpaired) electrons. The van der Waals surface area contributed by atoms with Crippen molar-refractivity contribution < 1.29 is 4.74 Å². The van der Waals surface area contributed by atoms with Crippen LogP contribution in [0.25, 0.3) is 0 Å². The fourth-order valence-electron chi connectivity index (χ4n) is 0.868. The van der Waals surface area contributed by atoms with Gasteiger partial charge < -0.3 is 10.5 Å². The van der Waals surface area contributed by atoms with E-state index in [0.717, 1.165) is 11.3 Å². The van der Waals surface area contributed by atoms with Crippen molar-refractivity contribution in [3.05, 3.63) is 17.3 Å². The zero-order valence-electron chi connectivity index (χ0n) is 9.01. The molecule has 13 heavy (non-hydrogen) atoms. The molecule has 0 saturated carbocycles. The van der Waals surface area contributed by atoms with E-state index in [1.54, 1.807) is 7.11 Å². The Hall–Kier alpha value is -1.25. The first-order valence-electron chi connectivity index (χ1n) is 4.43. The summed E-state index contributed by atoms with van der Waals surface area (Å²) < 4.78 is 4.94. The first-order chi connectivity index (χ1) is 6.15. The van der Waals surface area contributed by atoms with Crippen LogP contribution in [-0.2, 0) is 0 Å². The van der Waals surface area contributed by atoms with Crippen molar-refractivity contribution in [1.82, 2.24) is 4.98 Å². The predicted octanol–water partition coefficient (Wildman–Crippen LogP) is 2.32. The predicted molar refractivity (Wildman–Crippen MR) is 56.0 cm³/mol. The molecule has 0 amide bonds. The number of nitrogen functional groups attached to an aromatic ring is 1. The largest absolute Gasteiger partial charge is 0.480 e. The summed E-state index contributed by atoms with van der Waals surface area (Å²) in [6.45, 7) is 7.90. The van der Waals surface area contributed by atoms with Crippen molar-refractivity contribution >= 4 is 5.69 Å². The van der Waals surface area contributed by atoms with Crippen LogP contribution in [0.3, 0.4) is 0 Å². The minimum absolute atomic E-state index is 0.508. The quantitative estimate of drug-likeness (QED) is 0.725. The zero-order valence-corrected chi connectivity index (χ0v) is 9.01. The second-order valence-electron chi connectivity index (χ2n) is 2.49.